The Morgan fingerprint density at radius 1 is 1.08 bits per heavy atom. The van der Waals surface area contributed by atoms with Gasteiger partial charge in [0.1, 0.15) is 5.75 Å². The molecule has 2 aromatic carbocycles. The maximum Gasteiger partial charge on any atom is 0.271 e. The van der Waals surface area contributed by atoms with Crippen LogP contribution in [-0.2, 0) is 0 Å². The van der Waals surface area contributed by atoms with Gasteiger partial charge in [0.25, 0.3) is 5.91 Å². The van der Waals surface area contributed by atoms with Gasteiger partial charge in [0, 0.05) is 14.5 Å². The van der Waals surface area contributed by atoms with E-state index < -0.39 is 0 Å². The summed E-state index contributed by atoms with van der Waals surface area (Å²) in [5, 5.41) is 4.16. The third-order valence-corrected chi connectivity index (χ3v) is 5.13. The number of rotatable bonds is 6. The number of carbonyl (C=O) groups is 1. The number of hydrogen-bond acceptors (Lipinski definition) is 3. The molecule has 126 valence electrons. The Morgan fingerprint density at radius 2 is 1.75 bits per heavy atom. The highest BCUT2D eigenvalue weighted by Crippen LogP contribution is 2.24. The maximum absolute atomic E-state index is 12.2. The molecule has 0 aliphatic rings. The lowest BCUT2D eigenvalue weighted by molar-refractivity contribution is 0.0955. The molecule has 0 heterocycles. The van der Waals surface area contributed by atoms with Crippen LogP contribution in [0.3, 0.4) is 0 Å². The number of carbonyl (C=O) groups excluding carboxylic acids is 1. The van der Waals surface area contributed by atoms with Crippen molar-refractivity contribution in [3.8, 4) is 5.75 Å². The van der Waals surface area contributed by atoms with Crippen molar-refractivity contribution in [1.82, 2.24) is 5.43 Å². The number of nitrogens with zero attached hydrogens (tertiary/aromatic N) is 1. The quantitative estimate of drug-likeness (QED) is 0.485. The van der Waals surface area contributed by atoms with Crippen molar-refractivity contribution < 1.29 is 9.53 Å². The Bertz CT molecular complexity index is 743. The molecule has 0 saturated heterocycles. The zero-order valence-electron chi connectivity index (χ0n) is 13.5. The number of nitrogens with one attached hydrogen (secondary N) is 1. The SMILES string of the molecule is CCCOc1ccc(C(=O)N/N=C(/C)c2ccc(Br)c(Br)c2)cc1. The summed E-state index contributed by atoms with van der Waals surface area (Å²) < 4.78 is 7.40. The van der Waals surface area contributed by atoms with E-state index in [1.165, 1.54) is 0 Å². The van der Waals surface area contributed by atoms with E-state index in [9.17, 15) is 4.79 Å². The lowest BCUT2D eigenvalue weighted by Crippen LogP contribution is -2.19. The number of amides is 1. The van der Waals surface area contributed by atoms with Crippen LogP contribution in [0, 0.1) is 0 Å². The molecule has 0 aromatic heterocycles. The van der Waals surface area contributed by atoms with Crippen LogP contribution in [0.4, 0.5) is 0 Å². The molecule has 0 radical (unpaired) electrons. The molecule has 0 fully saturated rings. The van der Waals surface area contributed by atoms with Crippen molar-refractivity contribution in [2.24, 2.45) is 5.10 Å². The van der Waals surface area contributed by atoms with Gasteiger partial charge in [-0.3, -0.25) is 4.79 Å². The largest absolute Gasteiger partial charge is 0.494 e. The second-order valence-corrected chi connectivity index (χ2v) is 6.85. The van der Waals surface area contributed by atoms with Gasteiger partial charge in [0.15, 0.2) is 0 Å². The standard InChI is InChI=1S/C18H18Br2N2O2/c1-3-10-24-15-7-4-13(5-8-15)18(23)22-21-12(2)14-6-9-16(19)17(20)11-14/h4-9,11H,3,10H2,1-2H3,(H,22,23)/b21-12-. The Hall–Kier alpha value is -1.66. The average molecular weight is 454 g/mol. The first-order valence-corrected chi connectivity index (χ1v) is 9.12. The van der Waals surface area contributed by atoms with Gasteiger partial charge in [-0.1, -0.05) is 13.0 Å². The summed E-state index contributed by atoms with van der Waals surface area (Å²) in [7, 11) is 0. The zero-order chi connectivity index (χ0) is 17.5. The summed E-state index contributed by atoms with van der Waals surface area (Å²) in [4.78, 5) is 12.2. The molecule has 0 aliphatic carbocycles. The first-order valence-electron chi connectivity index (χ1n) is 7.54. The number of hydrazone groups is 1. The number of hydrogen-bond donors (Lipinski definition) is 1. The summed E-state index contributed by atoms with van der Waals surface area (Å²) in [6.45, 7) is 4.56. The van der Waals surface area contributed by atoms with E-state index >= 15 is 0 Å². The average Bonchev–Trinajstić information content (AvgIpc) is 2.60. The second kappa shape index (κ2) is 8.99. The fourth-order valence-electron chi connectivity index (χ4n) is 1.91. The molecular weight excluding hydrogens is 436 g/mol. The molecule has 1 amide bonds. The van der Waals surface area contributed by atoms with Gasteiger partial charge < -0.3 is 4.74 Å². The molecule has 24 heavy (non-hydrogen) atoms. The molecular formula is C18H18Br2N2O2. The van der Waals surface area contributed by atoms with Crippen LogP contribution in [0.2, 0.25) is 0 Å². The number of halogens is 2. The Morgan fingerprint density at radius 3 is 2.38 bits per heavy atom. The molecule has 1 N–H and O–H groups in total. The topological polar surface area (TPSA) is 50.7 Å². The summed E-state index contributed by atoms with van der Waals surface area (Å²) in [5.41, 5.74) is 4.76. The molecule has 0 unspecified atom stereocenters. The van der Waals surface area contributed by atoms with Crippen molar-refractivity contribution in [3.63, 3.8) is 0 Å². The summed E-state index contributed by atoms with van der Waals surface area (Å²) in [5.74, 6) is 0.500. The van der Waals surface area contributed by atoms with Crippen LogP contribution in [0.5, 0.6) is 5.75 Å². The third-order valence-electron chi connectivity index (χ3n) is 3.25. The minimum Gasteiger partial charge on any atom is -0.494 e. The predicted octanol–water partition coefficient (Wildman–Crippen LogP) is 5.15. The second-order valence-electron chi connectivity index (χ2n) is 5.14. The van der Waals surface area contributed by atoms with Crippen LogP contribution < -0.4 is 10.2 Å². The molecule has 2 aromatic rings. The highest BCUT2D eigenvalue weighted by atomic mass is 79.9. The van der Waals surface area contributed by atoms with Crippen molar-refractivity contribution in [3.05, 3.63) is 62.5 Å². The van der Waals surface area contributed by atoms with E-state index in [4.69, 9.17) is 4.74 Å². The molecule has 6 heteroatoms. The predicted molar refractivity (Wildman–Crippen MR) is 104 cm³/mol. The molecule has 2 rings (SSSR count). The smallest absolute Gasteiger partial charge is 0.271 e. The fraction of sp³-hybridized carbons (Fsp3) is 0.222. The number of benzene rings is 2. The molecule has 0 spiro atoms. The van der Waals surface area contributed by atoms with Gasteiger partial charge in [-0.05, 0) is 87.2 Å². The highest BCUT2D eigenvalue weighted by molar-refractivity contribution is 9.13. The van der Waals surface area contributed by atoms with Gasteiger partial charge in [0.2, 0.25) is 0 Å². The van der Waals surface area contributed by atoms with Crippen LogP contribution in [0.25, 0.3) is 0 Å². The van der Waals surface area contributed by atoms with Gasteiger partial charge in [0.05, 0.1) is 12.3 Å². The Kier molecular flexibility index (Phi) is 6.99. The van der Waals surface area contributed by atoms with Crippen molar-refractivity contribution >= 4 is 43.5 Å². The van der Waals surface area contributed by atoms with Crippen LogP contribution >= 0.6 is 31.9 Å². The zero-order valence-corrected chi connectivity index (χ0v) is 16.6. The van der Waals surface area contributed by atoms with E-state index in [1.807, 2.05) is 32.0 Å². The maximum atomic E-state index is 12.2. The van der Waals surface area contributed by atoms with Gasteiger partial charge in [-0.25, -0.2) is 5.43 Å². The minimum absolute atomic E-state index is 0.257. The monoisotopic (exact) mass is 452 g/mol. The van der Waals surface area contributed by atoms with Gasteiger partial charge in [-0.15, -0.1) is 0 Å². The van der Waals surface area contributed by atoms with E-state index in [-0.39, 0.29) is 5.91 Å². The van der Waals surface area contributed by atoms with Gasteiger partial charge >= 0.3 is 0 Å². The molecule has 0 saturated carbocycles. The molecule has 0 aliphatic heterocycles. The third kappa shape index (κ3) is 5.18. The molecule has 0 atom stereocenters. The van der Waals surface area contributed by atoms with Crippen LogP contribution in [-0.4, -0.2) is 18.2 Å². The molecule has 0 bridgehead atoms. The summed E-state index contributed by atoms with van der Waals surface area (Å²) >= 11 is 6.88. The highest BCUT2D eigenvalue weighted by Gasteiger charge is 2.06. The van der Waals surface area contributed by atoms with E-state index in [1.54, 1.807) is 24.3 Å². The Balaban J connectivity index is 2.01. The van der Waals surface area contributed by atoms with Crippen LogP contribution in [0.15, 0.2) is 56.5 Å². The van der Waals surface area contributed by atoms with Crippen LogP contribution in [0.1, 0.15) is 36.2 Å². The normalized spacial score (nSPS) is 11.2. The first kappa shape index (κ1) is 18.7. The summed E-state index contributed by atoms with van der Waals surface area (Å²) in [6.07, 6.45) is 0.947. The lowest BCUT2D eigenvalue weighted by Gasteiger charge is -2.06. The first-order chi connectivity index (χ1) is 11.5. The molecule has 4 nitrogen and oxygen atoms in total. The fourth-order valence-corrected chi connectivity index (χ4v) is 2.53. The van der Waals surface area contributed by atoms with E-state index in [2.05, 4.69) is 42.4 Å². The lowest BCUT2D eigenvalue weighted by atomic mass is 10.1. The number of ether oxygens (including phenoxy) is 1. The van der Waals surface area contributed by atoms with Crippen molar-refractivity contribution in [2.75, 3.05) is 6.61 Å². The van der Waals surface area contributed by atoms with E-state index in [0.717, 1.165) is 32.4 Å². The summed E-state index contributed by atoms with van der Waals surface area (Å²) in [6, 6.07) is 12.8. The van der Waals surface area contributed by atoms with E-state index in [0.29, 0.717) is 12.2 Å². The van der Waals surface area contributed by atoms with Gasteiger partial charge in [-0.2, -0.15) is 5.10 Å². The Labute approximate surface area is 158 Å². The van der Waals surface area contributed by atoms with Crippen molar-refractivity contribution in [1.29, 1.82) is 0 Å². The minimum atomic E-state index is -0.257. The van der Waals surface area contributed by atoms with Crippen molar-refractivity contribution in [2.45, 2.75) is 20.3 Å².